The number of anilines is 1. The minimum absolute atomic E-state index is 0.000689. The van der Waals surface area contributed by atoms with Crippen molar-refractivity contribution in [2.24, 2.45) is 11.0 Å². The van der Waals surface area contributed by atoms with E-state index in [0.29, 0.717) is 12.1 Å². The van der Waals surface area contributed by atoms with E-state index in [1.165, 1.54) is 30.6 Å². The molecule has 2 aromatic rings. The van der Waals surface area contributed by atoms with Crippen molar-refractivity contribution in [3.63, 3.8) is 0 Å². The second-order valence-corrected chi connectivity index (χ2v) is 5.61. The van der Waals surface area contributed by atoms with Gasteiger partial charge in [-0.1, -0.05) is 11.8 Å². The average Bonchev–Trinajstić information content (AvgIpc) is 3.20. The van der Waals surface area contributed by atoms with Gasteiger partial charge in [0.25, 0.3) is 5.91 Å². The Labute approximate surface area is 154 Å². The molecular formula is C19H13N5O3. The summed E-state index contributed by atoms with van der Waals surface area (Å²) < 4.78 is 0. The summed E-state index contributed by atoms with van der Waals surface area (Å²) in [6.45, 7) is 0.636. The van der Waals surface area contributed by atoms with Crippen molar-refractivity contribution >= 4 is 23.8 Å². The number of rotatable bonds is 3. The van der Waals surface area contributed by atoms with Gasteiger partial charge in [0.2, 0.25) is 0 Å². The number of benzene rings is 1. The highest BCUT2D eigenvalue weighted by molar-refractivity contribution is 6.07. The average molecular weight is 359 g/mol. The Morgan fingerprint density at radius 3 is 2.81 bits per heavy atom. The third kappa shape index (κ3) is 4.27. The van der Waals surface area contributed by atoms with E-state index in [0.717, 1.165) is 0 Å². The van der Waals surface area contributed by atoms with Gasteiger partial charge in [-0.25, -0.2) is 4.79 Å². The number of carboxylic acids is 1. The van der Waals surface area contributed by atoms with Crippen molar-refractivity contribution in [3.05, 3.63) is 58.9 Å². The molecule has 0 fully saturated rings. The molecule has 8 nitrogen and oxygen atoms in total. The van der Waals surface area contributed by atoms with Gasteiger partial charge in [0.15, 0.2) is 0 Å². The Balaban J connectivity index is 1.81. The number of amides is 1. The number of hydrazone groups is 1. The fourth-order valence-electron chi connectivity index (χ4n) is 2.34. The second kappa shape index (κ2) is 7.81. The van der Waals surface area contributed by atoms with Crippen molar-refractivity contribution in [3.8, 4) is 17.9 Å². The van der Waals surface area contributed by atoms with E-state index in [9.17, 15) is 14.7 Å². The molecule has 27 heavy (non-hydrogen) atoms. The molecule has 1 unspecified atom stereocenters. The molecule has 132 valence electrons. The highest BCUT2D eigenvalue weighted by atomic mass is 16.4. The summed E-state index contributed by atoms with van der Waals surface area (Å²) in [6, 6.07) is 7.44. The smallest absolute Gasteiger partial charge is 0.337 e. The molecule has 0 aliphatic carbocycles. The van der Waals surface area contributed by atoms with E-state index in [-0.39, 0.29) is 28.3 Å². The molecule has 1 atom stereocenters. The van der Waals surface area contributed by atoms with Crippen LogP contribution in [-0.4, -0.2) is 34.7 Å². The first-order valence-corrected chi connectivity index (χ1v) is 7.88. The lowest BCUT2D eigenvalue weighted by Crippen LogP contribution is -2.15. The summed E-state index contributed by atoms with van der Waals surface area (Å²) in [7, 11) is 0. The molecule has 0 bridgehead atoms. The summed E-state index contributed by atoms with van der Waals surface area (Å²) in [5, 5.41) is 24.6. The summed E-state index contributed by atoms with van der Waals surface area (Å²) in [5.74, 6) is 4.18. The summed E-state index contributed by atoms with van der Waals surface area (Å²) >= 11 is 0. The maximum Gasteiger partial charge on any atom is 0.337 e. The molecule has 1 aliphatic heterocycles. The third-order valence-electron chi connectivity index (χ3n) is 3.69. The van der Waals surface area contributed by atoms with Crippen LogP contribution >= 0.6 is 0 Å². The number of nitriles is 1. The number of nitrogens with one attached hydrogen (secondary N) is 2. The van der Waals surface area contributed by atoms with Crippen LogP contribution in [0.4, 0.5) is 5.69 Å². The molecule has 0 saturated heterocycles. The van der Waals surface area contributed by atoms with Crippen LogP contribution < -0.4 is 10.7 Å². The van der Waals surface area contributed by atoms with Crippen LogP contribution in [0.5, 0.6) is 0 Å². The van der Waals surface area contributed by atoms with Gasteiger partial charge in [-0.15, -0.1) is 0 Å². The Morgan fingerprint density at radius 2 is 2.11 bits per heavy atom. The molecule has 8 heteroatoms. The van der Waals surface area contributed by atoms with Gasteiger partial charge in [-0.3, -0.25) is 9.78 Å². The normalized spacial score (nSPS) is 14.4. The lowest BCUT2D eigenvalue weighted by Gasteiger charge is -2.09. The Morgan fingerprint density at radius 1 is 1.26 bits per heavy atom. The van der Waals surface area contributed by atoms with Gasteiger partial charge in [0.1, 0.15) is 0 Å². The molecule has 1 amide bonds. The highest BCUT2D eigenvalue weighted by Gasteiger charge is 2.15. The Bertz CT molecular complexity index is 1040. The van der Waals surface area contributed by atoms with E-state index in [2.05, 4.69) is 32.7 Å². The Hall–Kier alpha value is -4.17. The predicted molar refractivity (Wildman–Crippen MR) is 97.2 cm³/mol. The summed E-state index contributed by atoms with van der Waals surface area (Å²) in [5.41, 5.74) is 3.72. The van der Waals surface area contributed by atoms with Gasteiger partial charge < -0.3 is 15.8 Å². The van der Waals surface area contributed by atoms with Crippen LogP contribution in [-0.2, 0) is 0 Å². The first-order valence-electron chi connectivity index (χ1n) is 7.88. The molecule has 0 radical (unpaired) electrons. The minimum atomic E-state index is -1.24. The third-order valence-corrected chi connectivity index (χ3v) is 3.69. The van der Waals surface area contributed by atoms with Crippen molar-refractivity contribution in [2.75, 3.05) is 11.9 Å². The van der Waals surface area contributed by atoms with Crippen LogP contribution in [0.2, 0.25) is 0 Å². The van der Waals surface area contributed by atoms with Gasteiger partial charge in [0, 0.05) is 24.2 Å². The zero-order chi connectivity index (χ0) is 19.2. The second-order valence-electron chi connectivity index (χ2n) is 5.61. The maximum absolute atomic E-state index is 12.5. The van der Waals surface area contributed by atoms with Crippen LogP contribution in [0.15, 0.2) is 41.8 Å². The maximum atomic E-state index is 12.5. The molecule has 0 spiro atoms. The number of aromatic carboxylic acids is 1. The number of carbonyl (C=O) groups is 2. The molecule has 3 rings (SSSR count). The molecule has 1 aliphatic rings. The minimum Gasteiger partial charge on any atom is -0.478 e. The Kier molecular flexibility index (Phi) is 5.10. The van der Waals surface area contributed by atoms with E-state index in [1.54, 1.807) is 12.3 Å². The van der Waals surface area contributed by atoms with E-state index in [4.69, 9.17) is 5.26 Å². The number of carbonyl (C=O) groups excluding carboxylic acids is 1. The van der Waals surface area contributed by atoms with E-state index >= 15 is 0 Å². The predicted octanol–water partition coefficient (Wildman–Crippen LogP) is 1.46. The summed E-state index contributed by atoms with van der Waals surface area (Å²) in [4.78, 5) is 27.8. The van der Waals surface area contributed by atoms with Crippen LogP contribution in [0.25, 0.3) is 0 Å². The van der Waals surface area contributed by atoms with Crippen molar-refractivity contribution in [1.82, 2.24) is 10.4 Å². The van der Waals surface area contributed by atoms with Gasteiger partial charge in [-0.2, -0.15) is 10.4 Å². The quantitative estimate of drug-likeness (QED) is 0.712. The van der Waals surface area contributed by atoms with Crippen molar-refractivity contribution in [1.29, 1.82) is 5.26 Å². The topological polar surface area (TPSA) is 127 Å². The number of nitrogens with zero attached hydrogens (tertiary/aromatic N) is 3. The van der Waals surface area contributed by atoms with E-state index in [1.807, 2.05) is 6.07 Å². The fraction of sp³-hybridized carbons (Fsp3) is 0.105. The molecule has 0 saturated carbocycles. The van der Waals surface area contributed by atoms with Gasteiger partial charge >= 0.3 is 5.97 Å². The molecule has 2 heterocycles. The molecular weight excluding hydrogens is 346 g/mol. The lowest BCUT2D eigenvalue weighted by atomic mass is 10.1. The first kappa shape index (κ1) is 17.6. The van der Waals surface area contributed by atoms with Gasteiger partial charge in [0.05, 0.1) is 40.9 Å². The van der Waals surface area contributed by atoms with Crippen molar-refractivity contribution in [2.45, 2.75) is 0 Å². The number of hydrogen-bond acceptors (Lipinski definition) is 6. The molecule has 1 aromatic heterocycles. The fourth-order valence-corrected chi connectivity index (χ4v) is 2.34. The monoisotopic (exact) mass is 359 g/mol. The largest absolute Gasteiger partial charge is 0.478 e. The summed E-state index contributed by atoms with van der Waals surface area (Å²) in [6.07, 6.45) is 4.60. The van der Waals surface area contributed by atoms with Gasteiger partial charge in [-0.05, 0) is 24.3 Å². The number of pyridine rings is 1. The lowest BCUT2D eigenvalue weighted by molar-refractivity contribution is 0.0698. The van der Waals surface area contributed by atoms with Crippen LogP contribution in [0, 0.1) is 29.1 Å². The van der Waals surface area contributed by atoms with Crippen LogP contribution in [0.3, 0.4) is 0 Å². The standard InChI is InChI=1S/C19H13N5O3/c20-7-12-3-4-17(16(6-12)19(26)27)24-18(25)15-5-13(8-21-11-15)1-2-14-9-22-23-10-14/h3-6,8-9,11,14,23H,10H2,(H,24,25)(H,26,27). The SMILES string of the molecule is N#Cc1ccc(NC(=O)c2cncc(C#CC3C=NNC3)c2)c(C(=O)O)c1. The molecule has 1 aromatic carbocycles. The van der Waals surface area contributed by atoms with Crippen molar-refractivity contribution < 1.29 is 14.7 Å². The van der Waals surface area contributed by atoms with E-state index < -0.39 is 11.9 Å². The zero-order valence-electron chi connectivity index (χ0n) is 13.9. The number of hydrogen-bond donors (Lipinski definition) is 3. The highest BCUT2D eigenvalue weighted by Crippen LogP contribution is 2.18. The zero-order valence-corrected chi connectivity index (χ0v) is 13.9. The number of aromatic nitrogens is 1. The van der Waals surface area contributed by atoms with Crippen LogP contribution in [0.1, 0.15) is 31.8 Å². The first-order chi connectivity index (χ1) is 13.1. The molecule has 3 N–H and O–H groups in total. The number of carboxylic acid groups (broad SMARTS) is 1.